The first-order valence-corrected chi connectivity index (χ1v) is 12.7. The van der Waals surface area contributed by atoms with Crippen molar-refractivity contribution in [3.8, 4) is 0 Å². The maximum absolute atomic E-state index is 12.2. The molecular weight excluding hydrogens is 376 g/mol. The van der Waals surface area contributed by atoms with E-state index in [2.05, 4.69) is 15.4 Å². The minimum Gasteiger partial charge on any atom is -0.382 e. The molecule has 8 heteroatoms. The normalized spacial score (nSPS) is 20.1. The van der Waals surface area contributed by atoms with E-state index in [1.54, 1.807) is 0 Å². The van der Waals surface area contributed by atoms with E-state index in [0.717, 1.165) is 45.6 Å². The Morgan fingerprint density at radius 1 is 1.14 bits per heavy atom. The Hall–Kier alpha value is -0.860. The van der Waals surface area contributed by atoms with Crippen LogP contribution in [0.25, 0.3) is 0 Å². The molecule has 0 radical (unpaired) electrons. The fourth-order valence-corrected chi connectivity index (χ4v) is 4.96. The Labute approximate surface area is 171 Å². The zero-order chi connectivity index (χ0) is 20.3. The molecule has 2 aliphatic carbocycles. The summed E-state index contributed by atoms with van der Waals surface area (Å²) in [5.74, 6) is 1.31. The molecule has 0 aromatic rings. The number of nitrogens with zero attached hydrogens (tertiary/aromatic N) is 1. The van der Waals surface area contributed by atoms with Crippen LogP contribution in [0.15, 0.2) is 4.99 Å². The molecule has 0 saturated heterocycles. The summed E-state index contributed by atoms with van der Waals surface area (Å²) in [4.78, 5) is 4.79. The molecule has 2 fully saturated rings. The lowest BCUT2D eigenvalue weighted by molar-refractivity contribution is 0.107. The smallest absolute Gasteiger partial charge is 0.213 e. The van der Waals surface area contributed by atoms with Gasteiger partial charge in [-0.25, -0.2) is 13.1 Å². The Kier molecular flexibility index (Phi) is 10.0. The van der Waals surface area contributed by atoms with Crippen LogP contribution in [0.1, 0.15) is 65.2 Å². The van der Waals surface area contributed by atoms with Crippen LogP contribution >= 0.6 is 0 Å². The van der Waals surface area contributed by atoms with Gasteiger partial charge in [-0.15, -0.1) is 0 Å². The summed E-state index contributed by atoms with van der Waals surface area (Å²) in [7, 11) is -3.23. The van der Waals surface area contributed by atoms with Crippen LogP contribution in [0, 0.1) is 11.3 Å². The van der Waals surface area contributed by atoms with Crippen LogP contribution in [0.2, 0.25) is 0 Å². The zero-order valence-corrected chi connectivity index (χ0v) is 18.6. The molecule has 0 heterocycles. The largest absolute Gasteiger partial charge is 0.382 e. The molecule has 0 atom stereocenters. The Morgan fingerprint density at radius 2 is 1.89 bits per heavy atom. The molecule has 0 amide bonds. The third-order valence-electron chi connectivity index (χ3n) is 6.04. The van der Waals surface area contributed by atoms with Crippen molar-refractivity contribution in [1.82, 2.24) is 15.4 Å². The molecule has 164 valence electrons. The van der Waals surface area contributed by atoms with Crippen LogP contribution < -0.4 is 15.4 Å². The third-order valence-corrected chi connectivity index (χ3v) is 7.39. The average Bonchev–Trinajstić information content (AvgIpc) is 3.07. The van der Waals surface area contributed by atoms with Crippen molar-refractivity contribution in [3.63, 3.8) is 0 Å². The molecule has 0 spiro atoms. The van der Waals surface area contributed by atoms with E-state index in [1.165, 1.54) is 32.1 Å². The van der Waals surface area contributed by atoms with Gasteiger partial charge in [0.15, 0.2) is 5.96 Å². The van der Waals surface area contributed by atoms with Crippen molar-refractivity contribution < 1.29 is 13.2 Å². The number of sulfonamides is 1. The van der Waals surface area contributed by atoms with E-state index >= 15 is 0 Å². The maximum Gasteiger partial charge on any atom is 0.213 e. The van der Waals surface area contributed by atoms with Crippen molar-refractivity contribution in [2.75, 3.05) is 45.1 Å². The van der Waals surface area contributed by atoms with E-state index in [0.29, 0.717) is 25.0 Å². The van der Waals surface area contributed by atoms with Crippen molar-refractivity contribution in [3.05, 3.63) is 0 Å². The predicted molar refractivity (Wildman–Crippen MR) is 115 cm³/mol. The Balaban J connectivity index is 1.79. The summed E-state index contributed by atoms with van der Waals surface area (Å²) in [5, 5.41) is 6.43. The van der Waals surface area contributed by atoms with Gasteiger partial charge in [0.1, 0.15) is 0 Å². The molecule has 0 unspecified atom stereocenters. The second-order valence-corrected chi connectivity index (χ2v) is 10.2. The molecule has 28 heavy (non-hydrogen) atoms. The fourth-order valence-electron chi connectivity index (χ4n) is 3.95. The first-order chi connectivity index (χ1) is 13.5. The monoisotopic (exact) mass is 416 g/mol. The summed E-state index contributed by atoms with van der Waals surface area (Å²) < 4.78 is 32.6. The molecule has 7 nitrogen and oxygen atoms in total. The molecule has 0 bridgehead atoms. The summed E-state index contributed by atoms with van der Waals surface area (Å²) in [6.45, 7) is 8.06. The highest BCUT2D eigenvalue weighted by atomic mass is 32.2. The van der Waals surface area contributed by atoms with Crippen molar-refractivity contribution in [2.45, 2.75) is 65.2 Å². The molecule has 3 N–H and O–H groups in total. The lowest BCUT2D eigenvalue weighted by Crippen LogP contribution is -2.42. The highest BCUT2D eigenvalue weighted by molar-refractivity contribution is 7.89. The van der Waals surface area contributed by atoms with Gasteiger partial charge in [-0.3, -0.25) is 4.99 Å². The topological polar surface area (TPSA) is 91.8 Å². The third kappa shape index (κ3) is 8.25. The van der Waals surface area contributed by atoms with Gasteiger partial charge in [0, 0.05) is 39.4 Å². The summed E-state index contributed by atoms with van der Waals surface area (Å²) in [5.41, 5.74) is 0.230. The zero-order valence-electron chi connectivity index (χ0n) is 17.8. The van der Waals surface area contributed by atoms with Gasteiger partial charge >= 0.3 is 0 Å². The van der Waals surface area contributed by atoms with Crippen LogP contribution in [0.4, 0.5) is 0 Å². The van der Waals surface area contributed by atoms with Crippen molar-refractivity contribution in [1.29, 1.82) is 0 Å². The summed E-state index contributed by atoms with van der Waals surface area (Å²) in [6.07, 6.45) is 9.47. The molecule has 0 aliphatic heterocycles. The molecular formula is C20H40N4O3S. The van der Waals surface area contributed by atoms with Crippen LogP contribution in [0.3, 0.4) is 0 Å². The fraction of sp³-hybridized carbons (Fsp3) is 0.950. The number of hydrogen-bond donors (Lipinski definition) is 3. The quantitative estimate of drug-likeness (QED) is 0.243. The lowest BCUT2D eigenvalue weighted by atomic mass is 9.83. The first-order valence-electron chi connectivity index (χ1n) is 11.1. The molecule has 2 rings (SSSR count). The van der Waals surface area contributed by atoms with Crippen LogP contribution in [0.5, 0.6) is 0 Å². The number of guanidine groups is 1. The van der Waals surface area contributed by atoms with E-state index in [-0.39, 0.29) is 11.2 Å². The first kappa shape index (κ1) is 23.4. The Morgan fingerprint density at radius 3 is 2.50 bits per heavy atom. The number of rotatable bonds is 13. The van der Waals surface area contributed by atoms with Gasteiger partial charge in [-0.05, 0) is 57.3 Å². The molecule has 0 aromatic heterocycles. The van der Waals surface area contributed by atoms with E-state index < -0.39 is 10.0 Å². The van der Waals surface area contributed by atoms with Gasteiger partial charge in [-0.1, -0.05) is 19.3 Å². The van der Waals surface area contributed by atoms with Gasteiger partial charge in [0.2, 0.25) is 10.0 Å². The van der Waals surface area contributed by atoms with E-state index in [1.807, 2.05) is 13.8 Å². The second-order valence-electron chi connectivity index (χ2n) is 8.24. The number of nitrogens with one attached hydrogen (secondary N) is 3. The summed E-state index contributed by atoms with van der Waals surface area (Å²) in [6, 6.07) is 0. The van der Waals surface area contributed by atoms with Crippen molar-refractivity contribution >= 4 is 16.0 Å². The SMILES string of the molecule is CCNC(=NCC1(CCOCC)CCCC1)NCCS(=O)(=O)NCC1CCC1. The number of ether oxygens (including phenoxy) is 1. The van der Waals surface area contributed by atoms with Crippen LogP contribution in [-0.2, 0) is 14.8 Å². The summed E-state index contributed by atoms with van der Waals surface area (Å²) >= 11 is 0. The van der Waals surface area contributed by atoms with E-state index in [4.69, 9.17) is 9.73 Å². The minimum atomic E-state index is -3.23. The highest BCUT2D eigenvalue weighted by Crippen LogP contribution is 2.41. The molecule has 2 aliphatic rings. The molecule has 0 aromatic carbocycles. The second kappa shape index (κ2) is 12.0. The van der Waals surface area contributed by atoms with Crippen LogP contribution in [-0.4, -0.2) is 59.5 Å². The lowest BCUT2D eigenvalue weighted by Gasteiger charge is -2.27. The van der Waals surface area contributed by atoms with Gasteiger partial charge in [0.25, 0.3) is 0 Å². The van der Waals surface area contributed by atoms with E-state index in [9.17, 15) is 8.42 Å². The minimum absolute atomic E-state index is 0.0691. The number of hydrogen-bond acceptors (Lipinski definition) is 4. The molecule has 2 saturated carbocycles. The van der Waals surface area contributed by atoms with Crippen molar-refractivity contribution in [2.24, 2.45) is 16.3 Å². The van der Waals surface area contributed by atoms with Gasteiger partial charge < -0.3 is 15.4 Å². The maximum atomic E-state index is 12.2. The van der Waals surface area contributed by atoms with Gasteiger partial charge in [-0.2, -0.15) is 0 Å². The Bertz CT molecular complexity index is 570. The van der Waals surface area contributed by atoms with Gasteiger partial charge in [0.05, 0.1) is 5.75 Å². The standard InChI is InChI=1S/C20H40N4O3S/c1-3-21-19(22-13-15-28(25,26)24-16-18-8-7-9-18)23-17-20(10-5-6-11-20)12-14-27-4-2/h18,24H,3-17H2,1-2H3,(H2,21,22,23). The highest BCUT2D eigenvalue weighted by Gasteiger charge is 2.33. The number of aliphatic imine (C=N–C) groups is 1. The average molecular weight is 417 g/mol. The predicted octanol–water partition coefficient (Wildman–Crippen LogP) is 2.25.